The maximum atomic E-state index is 13.4. The van der Waals surface area contributed by atoms with Crippen molar-refractivity contribution < 1.29 is 13.2 Å². The number of hydrogen-bond donors (Lipinski definition) is 0. The standard InChI is InChI=1S/C16H17F3N4/c1-11-4-12(2-3-14(11)23-10-20-9-21-23)7-22-8-13-5-15(22,6-13)16(17,18)19/h2-4,9-10,13H,5-8H2,1H3. The highest BCUT2D eigenvalue weighted by atomic mass is 19.4. The molecule has 0 atom stereocenters. The Morgan fingerprint density at radius 1 is 1.30 bits per heavy atom. The molecule has 1 aromatic heterocycles. The molecule has 0 spiro atoms. The summed E-state index contributed by atoms with van der Waals surface area (Å²) < 4.78 is 41.9. The lowest BCUT2D eigenvalue weighted by molar-refractivity contribution is -0.238. The third-order valence-corrected chi connectivity index (χ3v) is 5.16. The van der Waals surface area contributed by atoms with Gasteiger partial charge in [0, 0.05) is 13.1 Å². The summed E-state index contributed by atoms with van der Waals surface area (Å²) in [4.78, 5) is 5.53. The molecule has 2 aliphatic heterocycles. The molecule has 0 N–H and O–H groups in total. The van der Waals surface area contributed by atoms with E-state index in [1.165, 1.54) is 6.33 Å². The molecule has 0 unspecified atom stereocenters. The molecule has 7 heteroatoms. The monoisotopic (exact) mass is 322 g/mol. The highest BCUT2D eigenvalue weighted by Gasteiger charge is 2.69. The van der Waals surface area contributed by atoms with Crippen molar-refractivity contribution in [3.8, 4) is 5.69 Å². The van der Waals surface area contributed by atoms with Gasteiger partial charge in [0.05, 0.1) is 5.69 Å². The van der Waals surface area contributed by atoms with E-state index in [0.717, 1.165) is 16.8 Å². The van der Waals surface area contributed by atoms with Crippen LogP contribution >= 0.6 is 0 Å². The molecule has 0 amide bonds. The molecule has 23 heavy (non-hydrogen) atoms. The number of nitrogens with zero attached hydrogens (tertiary/aromatic N) is 4. The van der Waals surface area contributed by atoms with E-state index in [0.29, 0.717) is 13.1 Å². The van der Waals surface area contributed by atoms with Crippen LogP contribution in [0.2, 0.25) is 0 Å². The van der Waals surface area contributed by atoms with Crippen molar-refractivity contribution in [2.24, 2.45) is 5.92 Å². The van der Waals surface area contributed by atoms with Crippen LogP contribution in [0.15, 0.2) is 30.9 Å². The summed E-state index contributed by atoms with van der Waals surface area (Å²) in [5.74, 6) is 0.201. The molecule has 3 heterocycles. The van der Waals surface area contributed by atoms with E-state index in [4.69, 9.17) is 0 Å². The largest absolute Gasteiger partial charge is 0.406 e. The summed E-state index contributed by atoms with van der Waals surface area (Å²) in [5.41, 5.74) is 1.18. The first kappa shape index (κ1) is 14.7. The summed E-state index contributed by atoms with van der Waals surface area (Å²) in [6.07, 6.45) is -0.567. The van der Waals surface area contributed by atoms with E-state index in [2.05, 4.69) is 10.1 Å². The van der Waals surface area contributed by atoms with Gasteiger partial charge in [-0.3, -0.25) is 4.90 Å². The summed E-state index contributed by atoms with van der Waals surface area (Å²) in [6.45, 7) is 2.82. The third kappa shape index (κ3) is 2.17. The van der Waals surface area contributed by atoms with Crippen molar-refractivity contribution >= 4 is 0 Å². The zero-order valence-electron chi connectivity index (χ0n) is 12.7. The van der Waals surface area contributed by atoms with E-state index in [9.17, 15) is 13.2 Å². The second-order valence-corrected chi connectivity index (χ2v) is 6.65. The average molecular weight is 322 g/mol. The summed E-state index contributed by atoms with van der Waals surface area (Å²) in [6, 6.07) is 5.71. The van der Waals surface area contributed by atoms with Crippen LogP contribution in [0.1, 0.15) is 24.0 Å². The van der Waals surface area contributed by atoms with Gasteiger partial charge in [0.25, 0.3) is 0 Å². The van der Waals surface area contributed by atoms with Gasteiger partial charge < -0.3 is 0 Å². The Morgan fingerprint density at radius 2 is 2.09 bits per heavy atom. The highest BCUT2D eigenvalue weighted by Crippen LogP contribution is 2.58. The maximum Gasteiger partial charge on any atom is 0.406 e. The predicted octanol–water partition coefficient (Wildman–Crippen LogP) is 3.10. The van der Waals surface area contributed by atoms with Crippen molar-refractivity contribution in [3.05, 3.63) is 42.0 Å². The van der Waals surface area contributed by atoms with Crippen molar-refractivity contribution in [1.82, 2.24) is 19.7 Å². The molecule has 1 saturated carbocycles. The van der Waals surface area contributed by atoms with Gasteiger partial charge in [0.2, 0.25) is 0 Å². The van der Waals surface area contributed by atoms with Crippen LogP contribution in [0.4, 0.5) is 13.2 Å². The Kier molecular flexibility index (Phi) is 3.07. The molecule has 3 fully saturated rings. The molecule has 4 nitrogen and oxygen atoms in total. The van der Waals surface area contributed by atoms with Gasteiger partial charge >= 0.3 is 6.18 Å². The number of alkyl halides is 3. The number of hydrogen-bond acceptors (Lipinski definition) is 3. The first-order valence-corrected chi connectivity index (χ1v) is 7.65. The van der Waals surface area contributed by atoms with Gasteiger partial charge in [0.1, 0.15) is 18.2 Å². The van der Waals surface area contributed by atoms with Gasteiger partial charge in [-0.1, -0.05) is 12.1 Å². The molecule has 1 aliphatic carbocycles. The Balaban J connectivity index is 1.57. The lowest BCUT2D eigenvalue weighted by atomic mass is 9.72. The lowest BCUT2D eigenvalue weighted by Crippen LogP contribution is -2.57. The van der Waals surface area contributed by atoms with Crippen LogP contribution in [0.25, 0.3) is 5.69 Å². The number of benzene rings is 1. The average Bonchev–Trinajstić information content (AvgIpc) is 3.10. The number of aromatic nitrogens is 3. The Bertz CT molecular complexity index is 717. The molecular formula is C16H17F3N4. The van der Waals surface area contributed by atoms with E-state index >= 15 is 0 Å². The van der Waals surface area contributed by atoms with Crippen LogP contribution in [0.3, 0.4) is 0 Å². The minimum Gasteiger partial charge on any atom is -0.285 e. The van der Waals surface area contributed by atoms with Gasteiger partial charge in [-0.2, -0.15) is 18.3 Å². The molecule has 2 aromatic rings. The second kappa shape index (κ2) is 4.80. The minimum atomic E-state index is -4.14. The van der Waals surface area contributed by atoms with Crippen molar-refractivity contribution in [1.29, 1.82) is 0 Å². The van der Waals surface area contributed by atoms with Crippen LogP contribution in [-0.4, -0.2) is 37.9 Å². The van der Waals surface area contributed by atoms with E-state index in [-0.39, 0.29) is 18.8 Å². The van der Waals surface area contributed by atoms with Crippen LogP contribution in [0.5, 0.6) is 0 Å². The lowest BCUT2D eigenvalue weighted by Gasteiger charge is -2.43. The number of fused-ring (bicyclic) bond motifs is 1. The van der Waals surface area contributed by atoms with Crippen molar-refractivity contribution in [2.45, 2.75) is 38.0 Å². The summed E-state index contributed by atoms with van der Waals surface area (Å²) in [5, 5.41) is 4.09. The molecule has 122 valence electrons. The molecule has 1 aromatic carbocycles. The van der Waals surface area contributed by atoms with E-state index in [1.54, 1.807) is 15.9 Å². The van der Waals surface area contributed by atoms with Gasteiger partial charge in [-0.05, 0) is 42.9 Å². The molecule has 0 radical (unpaired) electrons. The Morgan fingerprint density at radius 3 is 2.70 bits per heavy atom. The fraction of sp³-hybridized carbons (Fsp3) is 0.500. The van der Waals surface area contributed by atoms with Gasteiger partial charge in [0.15, 0.2) is 0 Å². The topological polar surface area (TPSA) is 34.0 Å². The Labute approximate surface area is 131 Å². The van der Waals surface area contributed by atoms with Crippen molar-refractivity contribution in [2.75, 3.05) is 6.54 Å². The quantitative estimate of drug-likeness (QED) is 0.871. The molecule has 2 bridgehead atoms. The van der Waals surface area contributed by atoms with E-state index < -0.39 is 11.7 Å². The molecule has 2 saturated heterocycles. The van der Waals surface area contributed by atoms with Crippen molar-refractivity contribution in [3.63, 3.8) is 0 Å². The zero-order chi connectivity index (χ0) is 16.2. The fourth-order valence-corrected chi connectivity index (χ4v) is 4.02. The third-order valence-electron chi connectivity index (χ3n) is 5.16. The molecule has 3 aliphatic rings. The summed E-state index contributed by atoms with van der Waals surface area (Å²) >= 11 is 0. The molecular weight excluding hydrogens is 305 g/mol. The first-order valence-electron chi connectivity index (χ1n) is 7.65. The van der Waals surface area contributed by atoms with Crippen LogP contribution in [0, 0.1) is 12.8 Å². The van der Waals surface area contributed by atoms with Gasteiger partial charge in [-0.15, -0.1) is 0 Å². The van der Waals surface area contributed by atoms with Gasteiger partial charge in [-0.25, -0.2) is 9.67 Å². The number of aryl methyl sites for hydroxylation is 1. The smallest absolute Gasteiger partial charge is 0.285 e. The maximum absolute atomic E-state index is 13.4. The number of rotatable bonds is 3. The first-order chi connectivity index (χ1) is 10.9. The predicted molar refractivity (Wildman–Crippen MR) is 78.0 cm³/mol. The highest BCUT2D eigenvalue weighted by molar-refractivity contribution is 5.42. The normalized spacial score (nSPS) is 27.2. The second-order valence-electron chi connectivity index (χ2n) is 6.65. The number of halogens is 3. The zero-order valence-corrected chi connectivity index (χ0v) is 12.7. The summed E-state index contributed by atoms with van der Waals surface area (Å²) in [7, 11) is 0. The SMILES string of the molecule is Cc1cc(CN2CC3CC2(C(F)(F)F)C3)ccc1-n1cncn1. The fourth-order valence-electron chi connectivity index (χ4n) is 4.02. The Hall–Kier alpha value is -1.89. The van der Waals surface area contributed by atoms with Crippen LogP contribution in [-0.2, 0) is 6.54 Å². The molecule has 5 rings (SSSR count). The van der Waals surface area contributed by atoms with E-state index in [1.807, 2.05) is 25.1 Å². The van der Waals surface area contributed by atoms with Crippen LogP contribution < -0.4 is 0 Å². The minimum absolute atomic E-state index is 0.201.